The number of hydrogen-bond acceptors (Lipinski definition) is 7. The van der Waals surface area contributed by atoms with Gasteiger partial charge in [-0.05, 0) is 42.7 Å². The average Bonchev–Trinajstić information content (AvgIpc) is 2.71. The van der Waals surface area contributed by atoms with E-state index in [1.165, 1.54) is 6.07 Å². The fourth-order valence-corrected chi connectivity index (χ4v) is 3.49. The van der Waals surface area contributed by atoms with Gasteiger partial charge in [0.25, 0.3) is 6.29 Å². The number of carbonyl (C=O) groups is 2. The van der Waals surface area contributed by atoms with Gasteiger partial charge in [0.05, 0.1) is 6.10 Å². The average molecular weight is 452 g/mol. The van der Waals surface area contributed by atoms with E-state index < -0.39 is 29.9 Å². The van der Waals surface area contributed by atoms with E-state index in [0.717, 1.165) is 0 Å². The Balaban J connectivity index is 1.71. The number of para-hydroxylation sites is 1. The number of aliphatic carboxylic acids is 2. The zero-order chi connectivity index (χ0) is 22.8. The minimum atomic E-state index is -2.96. The van der Waals surface area contributed by atoms with E-state index in [2.05, 4.69) is 5.32 Å². The van der Waals surface area contributed by atoms with Gasteiger partial charge < -0.3 is 35.2 Å². The van der Waals surface area contributed by atoms with Crippen molar-refractivity contribution in [3.05, 3.63) is 58.6 Å². The van der Waals surface area contributed by atoms with Gasteiger partial charge in [-0.15, -0.1) is 0 Å². The first-order valence-electron chi connectivity index (χ1n) is 9.44. The fourth-order valence-electron chi connectivity index (χ4n) is 3.29. The minimum Gasteiger partial charge on any atom is -0.478 e. The molecule has 3 atom stereocenters. The van der Waals surface area contributed by atoms with Gasteiger partial charge in [0.15, 0.2) is 11.5 Å². The van der Waals surface area contributed by atoms with Gasteiger partial charge in [0, 0.05) is 17.6 Å². The van der Waals surface area contributed by atoms with Gasteiger partial charge in [0.2, 0.25) is 0 Å². The third kappa shape index (κ3) is 4.59. The standard InChI is InChI=1S/C21H22ClNO8/c1-11(23-10-15(24)12-4-2-6-14(22)9-12)8-13-5-3-7-16-17(13)30-20(29)21(31-16,18(25)26)19(27)28/h2-7,9,11,15,20,23-24,29H,8,10H2,1H3,(H,25,26)(H,27,28)/t11-,15+,20?/m1/s1. The van der Waals surface area contributed by atoms with Crippen LogP contribution < -0.4 is 14.8 Å². The van der Waals surface area contributed by atoms with Crippen molar-refractivity contribution >= 4 is 23.5 Å². The lowest BCUT2D eigenvalue weighted by molar-refractivity contribution is -0.211. The van der Waals surface area contributed by atoms with Crippen molar-refractivity contribution in [2.45, 2.75) is 37.4 Å². The topological polar surface area (TPSA) is 146 Å². The lowest BCUT2D eigenvalue weighted by Crippen LogP contribution is -2.63. The molecular formula is C21H22ClNO8. The van der Waals surface area contributed by atoms with Crippen molar-refractivity contribution < 1.29 is 39.5 Å². The molecule has 0 saturated heterocycles. The highest BCUT2D eigenvalue weighted by molar-refractivity contribution is 6.30. The summed E-state index contributed by atoms with van der Waals surface area (Å²) in [5.41, 5.74) is -1.72. The molecule has 0 aliphatic carbocycles. The highest BCUT2D eigenvalue weighted by atomic mass is 35.5. The van der Waals surface area contributed by atoms with Crippen molar-refractivity contribution in [3.63, 3.8) is 0 Å². The number of nitrogens with one attached hydrogen (secondary N) is 1. The molecule has 3 rings (SSSR count). The Labute approximate surface area is 182 Å². The number of fused-ring (bicyclic) bond motifs is 1. The summed E-state index contributed by atoms with van der Waals surface area (Å²) in [7, 11) is 0. The summed E-state index contributed by atoms with van der Waals surface area (Å²) >= 11 is 5.95. The van der Waals surface area contributed by atoms with E-state index in [0.29, 0.717) is 22.6 Å². The number of hydrogen-bond donors (Lipinski definition) is 5. The summed E-state index contributed by atoms with van der Waals surface area (Å²) in [4.78, 5) is 23.0. The largest absolute Gasteiger partial charge is 0.478 e. The van der Waals surface area contributed by atoms with Gasteiger partial charge in [-0.1, -0.05) is 35.9 Å². The molecule has 5 N–H and O–H groups in total. The van der Waals surface area contributed by atoms with E-state index in [-0.39, 0.29) is 24.1 Å². The number of aliphatic hydroxyl groups is 2. The molecule has 0 saturated carbocycles. The van der Waals surface area contributed by atoms with Gasteiger partial charge in [-0.25, -0.2) is 9.59 Å². The lowest BCUT2D eigenvalue weighted by atomic mass is 9.99. The molecular weight excluding hydrogens is 430 g/mol. The van der Waals surface area contributed by atoms with Gasteiger partial charge in [0.1, 0.15) is 0 Å². The molecule has 1 unspecified atom stereocenters. The number of carboxylic acid groups (broad SMARTS) is 2. The van der Waals surface area contributed by atoms with E-state index in [1.54, 1.807) is 36.4 Å². The van der Waals surface area contributed by atoms with Crippen LogP contribution in [0.4, 0.5) is 0 Å². The predicted molar refractivity (Wildman–Crippen MR) is 109 cm³/mol. The first kappa shape index (κ1) is 22.8. The van der Waals surface area contributed by atoms with Gasteiger partial charge in [-0.2, -0.15) is 0 Å². The first-order chi connectivity index (χ1) is 14.6. The maximum absolute atomic E-state index is 11.5. The van der Waals surface area contributed by atoms with E-state index in [4.69, 9.17) is 21.1 Å². The Bertz CT molecular complexity index is 968. The summed E-state index contributed by atoms with van der Waals surface area (Å²) < 4.78 is 10.5. The van der Waals surface area contributed by atoms with Crippen LogP contribution in [-0.2, 0) is 16.0 Å². The zero-order valence-corrected chi connectivity index (χ0v) is 17.2. The first-order valence-corrected chi connectivity index (χ1v) is 9.82. The van der Waals surface area contributed by atoms with E-state index >= 15 is 0 Å². The van der Waals surface area contributed by atoms with Crippen LogP contribution in [0.1, 0.15) is 24.2 Å². The zero-order valence-electron chi connectivity index (χ0n) is 16.5. The van der Waals surface area contributed by atoms with Gasteiger partial charge >= 0.3 is 17.5 Å². The molecule has 1 heterocycles. The van der Waals surface area contributed by atoms with E-state index in [9.17, 15) is 30.0 Å². The maximum Gasteiger partial charge on any atom is 0.367 e. The quantitative estimate of drug-likeness (QED) is 0.377. The third-order valence-corrected chi connectivity index (χ3v) is 5.20. The van der Waals surface area contributed by atoms with Crippen LogP contribution in [0.15, 0.2) is 42.5 Å². The summed E-state index contributed by atoms with van der Waals surface area (Å²) in [6.45, 7) is 2.11. The molecule has 0 spiro atoms. The monoisotopic (exact) mass is 451 g/mol. The number of benzene rings is 2. The fraction of sp³-hybridized carbons (Fsp3) is 0.333. The molecule has 2 aromatic rings. The van der Waals surface area contributed by atoms with Crippen molar-refractivity contribution in [3.8, 4) is 11.5 Å². The highest BCUT2D eigenvalue weighted by Gasteiger charge is 2.60. The highest BCUT2D eigenvalue weighted by Crippen LogP contribution is 2.41. The van der Waals surface area contributed by atoms with Crippen LogP contribution in [-0.4, -0.2) is 56.8 Å². The second kappa shape index (κ2) is 9.11. The number of carboxylic acids is 2. The van der Waals surface area contributed by atoms with Crippen LogP contribution in [0.25, 0.3) is 0 Å². The number of aliphatic hydroxyl groups excluding tert-OH is 2. The van der Waals surface area contributed by atoms with Gasteiger partial charge in [-0.3, -0.25) is 0 Å². The predicted octanol–water partition coefficient (Wildman–Crippen LogP) is 1.59. The Hall–Kier alpha value is -2.85. The normalized spacial score (nSPS) is 18.8. The molecule has 166 valence electrons. The molecule has 31 heavy (non-hydrogen) atoms. The van der Waals surface area contributed by atoms with Crippen molar-refractivity contribution in [2.75, 3.05) is 6.54 Å². The summed E-state index contributed by atoms with van der Waals surface area (Å²) in [5.74, 6) is -3.79. The molecule has 0 radical (unpaired) electrons. The van der Waals surface area contributed by atoms with Crippen LogP contribution in [0.2, 0.25) is 5.02 Å². The molecule has 0 amide bonds. The maximum atomic E-state index is 11.5. The SMILES string of the molecule is C[C@H](Cc1cccc2c1OC(O)C(C(=O)O)(C(=O)O)O2)NC[C@H](O)c1cccc(Cl)c1. The molecule has 0 aromatic heterocycles. The third-order valence-electron chi connectivity index (χ3n) is 4.96. The molecule has 1 aliphatic rings. The molecule has 9 nitrogen and oxygen atoms in total. The Morgan fingerprint density at radius 3 is 2.52 bits per heavy atom. The number of rotatable bonds is 8. The smallest absolute Gasteiger partial charge is 0.367 e. The summed E-state index contributed by atoms with van der Waals surface area (Å²) in [6.07, 6.45) is -2.66. The van der Waals surface area contributed by atoms with Crippen LogP contribution in [0, 0.1) is 0 Å². The van der Waals surface area contributed by atoms with E-state index in [1.807, 2.05) is 6.92 Å². The van der Waals surface area contributed by atoms with Crippen LogP contribution >= 0.6 is 11.6 Å². The van der Waals surface area contributed by atoms with Crippen LogP contribution in [0.5, 0.6) is 11.5 Å². The van der Waals surface area contributed by atoms with Crippen molar-refractivity contribution in [1.29, 1.82) is 0 Å². The van der Waals surface area contributed by atoms with Crippen molar-refractivity contribution in [2.24, 2.45) is 0 Å². The number of halogens is 1. The molecule has 2 aromatic carbocycles. The Morgan fingerprint density at radius 1 is 1.19 bits per heavy atom. The second-order valence-electron chi connectivity index (χ2n) is 7.25. The van der Waals surface area contributed by atoms with Crippen molar-refractivity contribution in [1.82, 2.24) is 5.32 Å². The summed E-state index contributed by atoms with van der Waals surface area (Å²) in [5, 5.41) is 42.8. The molecule has 1 aliphatic heterocycles. The second-order valence-corrected chi connectivity index (χ2v) is 7.68. The summed E-state index contributed by atoms with van der Waals surface area (Å²) in [6, 6.07) is 11.4. The Kier molecular flexibility index (Phi) is 6.71. The molecule has 10 heteroatoms. The Morgan fingerprint density at radius 2 is 1.87 bits per heavy atom. The molecule has 0 fully saturated rings. The number of ether oxygens (including phenoxy) is 2. The van der Waals surface area contributed by atoms with Crippen LogP contribution in [0.3, 0.4) is 0 Å². The lowest BCUT2D eigenvalue weighted by Gasteiger charge is -2.36. The minimum absolute atomic E-state index is 0.0668. The molecule has 0 bridgehead atoms.